The number of nitrogens with zero attached hydrogens (tertiary/aromatic N) is 3. The highest BCUT2D eigenvalue weighted by atomic mass is 35.5. The molecule has 0 saturated carbocycles. The van der Waals surface area contributed by atoms with Crippen molar-refractivity contribution in [3.8, 4) is 0 Å². The van der Waals surface area contributed by atoms with Gasteiger partial charge in [0, 0.05) is 44.6 Å². The van der Waals surface area contributed by atoms with Gasteiger partial charge in [0.25, 0.3) is 0 Å². The molecule has 27 heavy (non-hydrogen) atoms. The lowest BCUT2D eigenvalue weighted by atomic mass is 10.3. The molecule has 2 heterocycles. The monoisotopic (exact) mass is 436 g/mol. The number of rotatable bonds is 8. The van der Waals surface area contributed by atoms with Crippen molar-refractivity contribution in [1.82, 2.24) is 14.5 Å². The van der Waals surface area contributed by atoms with Crippen molar-refractivity contribution < 1.29 is 13.2 Å². The molecule has 1 N–H and O–H groups in total. The molecule has 0 spiro atoms. The lowest BCUT2D eigenvalue weighted by molar-refractivity contribution is 0.0904. The SMILES string of the molecule is CN=C(NCCc1ccc(Cl)s1)N1CCN(S(=O)(=O)CCOC(C)C)CC1. The molecule has 0 amide bonds. The third-order valence-corrected chi connectivity index (χ3v) is 7.34. The van der Waals surface area contributed by atoms with Crippen LogP contribution in [0.5, 0.6) is 0 Å². The molecule has 1 aromatic heterocycles. The average molecular weight is 437 g/mol. The van der Waals surface area contributed by atoms with Gasteiger partial charge in [-0.3, -0.25) is 4.99 Å². The number of halogens is 1. The maximum Gasteiger partial charge on any atom is 0.216 e. The van der Waals surface area contributed by atoms with E-state index in [0.29, 0.717) is 26.2 Å². The summed E-state index contributed by atoms with van der Waals surface area (Å²) in [6.45, 7) is 6.96. The van der Waals surface area contributed by atoms with Crippen molar-refractivity contribution in [2.75, 3.05) is 52.1 Å². The summed E-state index contributed by atoms with van der Waals surface area (Å²) in [6, 6.07) is 3.94. The van der Waals surface area contributed by atoms with E-state index < -0.39 is 10.0 Å². The van der Waals surface area contributed by atoms with Gasteiger partial charge in [0.1, 0.15) is 0 Å². The average Bonchev–Trinajstić information content (AvgIpc) is 3.03. The molecule has 2 rings (SSSR count). The van der Waals surface area contributed by atoms with Crippen LogP contribution in [-0.4, -0.2) is 81.8 Å². The Morgan fingerprint density at radius 3 is 2.59 bits per heavy atom. The van der Waals surface area contributed by atoms with Crippen LogP contribution in [0.2, 0.25) is 4.34 Å². The third-order valence-electron chi connectivity index (χ3n) is 4.22. The van der Waals surface area contributed by atoms with Crippen molar-refractivity contribution in [1.29, 1.82) is 0 Å². The van der Waals surface area contributed by atoms with Crippen molar-refractivity contribution in [2.24, 2.45) is 4.99 Å². The first-order valence-electron chi connectivity index (χ1n) is 9.11. The van der Waals surface area contributed by atoms with E-state index in [1.807, 2.05) is 26.0 Å². The van der Waals surface area contributed by atoms with Gasteiger partial charge in [-0.1, -0.05) is 11.6 Å². The van der Waals surface area contributed by atoms with Crippen LogP contribution in [0.3, 0.4) is 0 Å². The molecule has 1 saturated heterocycles. The lowest BCUT2D eigenvalue weighted by Crippen LogP contribution is -2.54. The van der Waals surface area contributed by atoms with Crippen molar-refractivity contribution in [3.63, 3.8) is 0 Å². The van der Waals surface area contributed by atoms with Crippen LogP contribution in [0.15, 0.2) is 17.1 Å². The molecule has 0 atom stereocenters. The summed E-state index contributed by atoms with van der Waals surface area (Å²) in [5, 5.41) is 3.35. The molecule has 0 aromatic carbocycles. The van der Waals surface area contributed by atoms with Gasteiger partial charge in [0.2, 0.25) is 10.0 Å². The van der Waals surface area contributed by atoms with Crippen LogP contribution < -0.4 is 5.32 Å². The second-order valence-electron chi connectivity index (χ2n) is 6.55. The molecule has 154 valence electrons. The highest BCUT2D eigenvalue weighted by molar-refractivity contribution is 7.89. The van der Waals surface area contributed by atoms with Gasteiger partial charge in [-0.15, -0.1) is 11.3 Å². The second-order valence-corrected chi connectivity index (χ2v) is 10.4. The van der Waals surface area contributed by atoms with Crippen LogP contribution in [0.4, 0.5) is 0 Å². The van der Waals surface area contributed by atoms with E-state index in [1.54, 1.807) is 22.7 Å². The van der Waals surface area contributed by atoms with Crippen LogP contribution in [0.25, 0.3) is 0 Å². The third kappa shape index (κ3) is 7.23. The molecule has 1 aliphatic rings. The van der Waals surface area contributed by atoms with Crippen LogP contribution in [-0.2, 0) is 21.2 Å². The quantitative estimate of drug-likeness (QED) is 0.497. The van der Waals surface area contributed by atoms with Gasteiger partial charge in [-0.05, 0) is 32.4 Å². The first-order chi connectivity index (χ1) is 12.8. The van der Waals surface area contributed by atoms with Crippen LogP contribution >= 0.6 is 22.9 Å². The van der Waals surface area contributed by atoms with Gasteiger partial charge in [0.05, 0.1) is 22.8 Å². The Balaban J connectivity index is 1.77. The Morgan fingerprint density at radius 2 is 2.04 bits per heavy atom. The van der Waals surface area contributed by atoms with Gasteiger partial charge >= 0.3 is 0 Å². The predicted octanol–water partition coefficient (Wildman–Crippen LogP) is 1.89. The summed E-state index contributed by atoms with van der Waals surface area (Å²) in [7, 11) is -1.53. The van der Waals surface area contributed by atoms with Gasteiger partial charge < -0.3 is 15.0 Å². The zero-order valence-electron chi connectivity index (χ0n) is 16.1. The summed E-state index contributed by atoms with van der Waals surface area (Å²) in [5.41, 5.74) is 0. The minimum absolute atomic E-state index is 0.0293. The molecule has 1 aliphatic heterocycles. The normalized spacial score (nSPS) is 16.9. The molecule has 0 bridgehead atoms. The minimum atomic E-state index is -3.28. The molecule has 0 unspecified atom stereocenters. The van der Waals surface area contributed by atoms with Crippen molar-refractivity contribution in [2.45, 2.75) is 26.4 Å². The second kappa shape index (κ2) is 10.6. The zero-order valence-corrected chi connectivity index (χ0v) is 18.5. The van der Waals surface area contributed by atoms with Gasteiger partial charge in [0.15, 0.2) is 5.96 Å². The van der Waals surface area contributed by atoms with E-state index in [2.05, 4.69) is 15.2 Å². The largest absolute Gasteiger partial charge is 0.378 e. The maximum atomic E-state index is 12.4. The molecule has 10 heteroatoms. The number of sulfonamides is 1. The summed E-state index contributed by atoms with van der Waals surface area (Å²) < 4.78 is 32.6. The topological polar surface area (TPSA) is 74.2 Å². The minimum Gasteiger partial charge on any atom is -0.378 e. The molecule has 1 fully saturated rings. The van der Waals surface area contributed by atoms with Crippen LogP contribution in [0.1, 0.15) is 18.7 Å². The number of piperazine rings is 1. The Morgan fingerprint density at radius 1 is 1.33 bits per heavy atom. The Hall–Kier alpha value is -0.870. The zero-order chi connectivity index (χ0) is 19.9. The standard InChI is InChI=1S/C17H29ClN4O3S2/c1-14(2)25-12-13-27(23,24)22-10-8-21(9-11-22)17(19-3)20-7-6-15-4-5-16(18)26-15/h4-5,14H,6-13H2,1-3H3,(H,19,20). The molecule has 7 nitrogen and oxygen atoms in total. The van der Waals surface area contributed by atoms with E-state index in [9.17, 15) is 8.42 Å². The summed E-state index contributed by atoms with van der Waals surface area (Å²) >= 11 is 7.54. The van der Waals surface area contributed by atoms with E-state index in [1.165, 1.54) is 4.88 Å². The molecule has 1 aromatic rings. The van der Waals surface area contributed by atoms with E-state index in [-0.39, 0.29) is 18.5 Å². The van der Waals surface area contributed by atoms with Crippen molar-refractivity contribution in [3.05, 3.63) is 21.3 Å². The number of thiophene rings is 1. The maximum absolute atomic E-state index is 12.4. The first kappa shape index (κ1) is 22.4. The van der Waals surface area contributed by atoms with Gasteiger partial charge in [-0.25, -0.2) is 8.42 Å². The number of guanidine groups is 1. The molecular weight excluding hydrogens is 408 g/mol. The predicted molar refractivity (Wildman–Crippen MR) is 112 cm³/mol. The summed E-state index contributed by atoms with van der Waals surface area (Å²) in [6.07, 6.45) is 0.914. The molecule has 0 radical (unpaired) electrons. The Kier molecular flexibility index (Phi) is 8.81. The fourth-order valence-corrected chi connectivity index (χ4v) is 5.18. The Labute approximate surface area is 171 Å². The van der Waals surface area contributed by atoms with E-state index in [4.69, 9.17) is 16.3 Å². The summed E-state index contributed by atoms with van der Waals surface area (Å²) in [4.78, 5) is 7.64. The fraction of sp³-hybridized carbons (Fsp3) is 0.706. The van der Waals surface area contributed by atoms with Crippen molar-refractivity contribution >= 4 is 38.9 Å². The number of hydrogen-bond donors (Lipinski definition) is 1. The highest BCUT2D eigenvalue weighted by Crippen LogP contribution is 2.21. The molecular formula is C17H29ClN4O3S2. The molecule has 0 aliphatic carbocycles. The van der Waals surface area contributed by atoms with Crippen LogP contribution in [0, 0.1) is 0 Å². The van der Waals surface area contributed by atoms with E-state index >= 15 is 0 Å². The fourth-order valence-electron chi connectivity index (χ4n) is 2.81. The smallest absolute Gasteiger partial charge is 0.216 e. The Bertz CT molecular complexity index is 714. The number of nitrogens with one attached hydrogen (secondary N) is 1. The number of hydrogen-bond acceptors (Lipinski definition) is 5. The van der Waals surface area contributed by atoms with Gasteiger partial charge in [-0.2, -0.15) is 4.31 Å². The number of ether oxygens (including phenoxy) is 1. The highest BCUT2D eigenvalue weighted by Gasteiger charge is 2.27. The van der Waals surface area contributed by atoms with E-state index in [0.717, 1.165) is 23.3 Å². The lowest BCUT2D eigenvalue weighted by Gasteiger charge is -2.35. The number of aliphatic imine (C=N–C) groups is 1. The summed E-state index contributed by atoms with van der Waals surface area (Å²) in [5.74, 6) is 0.833. The first-order valence-corrected chi connectivity index (χ1v) is 11.9.